The Morgan fingerprint density at radius 2 is 2.16 bits per heavy atom. The molecule has 0 aliphatic heterocycles. The lowest BCUT2D eigenvalue weighted by Crippen LogP contribution is -2.31. The largest absolute Gasteiger partial charge is 0.271 e. The molecule has 0 saturated carbocycles. The van der Waals surface area contributed by atoms with Gasteiger partial charge >= 0.3 is 0 Å². The van der Waals surface area contributed by atoms with Gasteiger partial charge in [-0.3, -0.25) is 20.6 Å². The summed E-state index contributed by atoms with van der Waals surface area (Å²) in [5.41, 5.74) is 5.93. The average molecular weight is 263 g/mol. The minimum absolute atomic E-state index is 0.00977. The summed E-state index contributed by atoms with van der Waals surface area (Å²) in [5.74, 6) is 5.69. The molecule has 0 saturated heterocycles. The van der Waals surface area contributed by atoms with E-state index in [0.717, 1.165) is 30.0 Å². The summed E-state index contributed by atoms with van der Waals surface area (Å²) in [5, 5.41) is 12.6. The van der Waals surface area contributed by atoms with Crippen LogP contribution in [0.1, 0.15) is 37.0 Å². The van der Waals surface area contributed by atoms with Crippen LogP contribution < -0.4 is 11.3 Å². The first-order valence-electron chi connectivity index (χ1n) is 6.55. The Morgan fingerprint density at radius 1 is 1.37 bits per heavy atom. The number of nitrogens with zero attached hydrogens (tertiary/aromatic N) is 5. The number of aryl methyl sites for hydroxylation is 3. The number of nitrogens with one attached hydrogen (secondary N) is 1. The number of nitrogens with two attached hydrogens (primary N) is 1. The first kappa shape index (κ1) is 13.7. The Balaban J connectivity index is 2.23. The van der Waals surface area contributed by atoms with E-state index in [1.54, 1.807) is 4.68 Å². The predicted octanol–water partition coefficient (Wildman–Crippen LogP) is 0.341. The van der Waals surface area contributed by atoms with E-state index < -0.39 is 0 Å². The molecule has 2 aromatic rings. The molecule has 2 heterocycles. The first-order valence-corrected chi connectivity index (χ1v) is 6.55. The van der Waals surface area contributed by atoms with Gasteiger partial charge in [0.15, 0.2) is 0 Å². The SMILES string of the molecule is CCc1cc(C(Cc2cn(C)nn2)NN)n(CC)n1. The molecule has 1 atom stereocenters. The molecule has 0 aliphatic rings. The molecular formula is C12H21N7. The molecular weight excluding hydrogens is 242 g/mol. The Hall–Kier alpha value is -1.73. The minimum atomic E-state index is -0.00977. The minimum Gasteiger partial charge on any atom is -0.271 e. The molecule has 0 fully saturated rings. The highest BCUT2D eigenvalue weighted by molar-refractivity contribution is 5.16. The van der Waals surface area contributed by atoms with Crippen LogP contribution >= 0.6 is 0 Å². The van der Waals surface area contributed by atoms with Crippen LogP contribution in [0.15, 0.2) is 12.3 Å². The molecule has 0 amide bonds. The fraction of sp³-hybridized carbons (Fsp3) is 0.583. The number of rotatable bonds is 6. The summed E-state index contributed by atoms with van der Waals surface area (Å²) >= 11 is 0. The zero-order valence-corrected chi connectivity index (χ0v) is 11.7. The topological polar surface area (TPSA) is 86.6 Å². The molecule has 0 bridgehead atoms. The second-order valence-corrected chi connectivity index (χ2v) is 4.54. The lowest BCUT2D eigenvalue weighted by molar-refractivity contribution is 0.486. The maximum absolute atomic E-state index is 5.69. The molecule has 3 N–H and O–H groups in total. The van der Waals surface area contributed by atoms with Crippen LogP contribution in [0.5, 0.6) is 0 Å². The lowest BCUT2D eigenvalue weighted by atomic mass is 10.1. The number of hydrogen-bond acceptors (Lipinski definition) is 5. The standard InChI is InChI=1S/C12H21N7/c1-4-9-7-12(19(5-2)16-9)11(14-13)6-10-8-18(3)17-15-10/h7-8,11,14H,4-6,13H2,1-3H3. The van der Waals surface area contributed by atoms with E-state index in [-0.39, 0.29) is 6.04 Å². The van der Waals surface area contributed by atoms with Gasteiger partial charge in [0.05, 0.1) is 23.1 Å². The summed E-state index contributed by atoms with van der Waals surface area (Å²) in [7, 11) is 1.85. The van der Waals surface area contributed by atoms with E-state index in [2.05, 4.69) is 40.8 Å². The highest BCUT2D eigenvalue weighted by Gasteiger charge is 2.18. The van der Waals surface area contributed by atoms with Crippen molar-refractivity contribution >= 4 is 0 Å². The van der Waals surface area contributed by atoms with Crippen molar-refractivity contribution in [3.63, 3.8) is 0 Å². The van der Waals surface area contributed by atoms with Gasteiger partial charge in [0.1, 0.15) is 0 Å². The second-order valence-electron chi connectivity index (χ2n) is 4.54. The van der Waals surface area contributed by atoms with E-state index in [4.69, 9.17) is 5.84 Å². The maximum atomic E-state index is 5.69. The van der Waals surface area contributed by atoms with Gasteiger partial charge in [0, 0.05) is 26.2 Å². The summed E-state index contributed by atoms with van der Waals surface area (Å²) in [6, 6.07) is 2.09. The molecule has 2 rings (SSSR count). The highest BCUT2D eigenvalue weighted by atomic mass is 15.4. The molecule has 0 spiro atoms. The molecule has 104 valence electrons. The lowest BCUT2D eigenvalue weighted by Gasteiger charge is -2.15. The number of hydrogen-bond donors (Lipinski definition) is 2. The zero-order valence-electron chi connectivity index (χ0n) is 11.7. The second kappa shape index (κ2) is 5.94. The molecule has 0 aromatic carbocycles. The van der Waals surface area contributed by atoms with Crippen LogP contribution in [-0.2, 0) is 26.4 Å². The number of hydrazine groups is 1. The van der Waals surface area contributed by atoms with Crippen molar-refractivity contribution in [2.75, 3.05) is 0 Å². The van der Waals surface area contributed by atoms with Gasteiger partial charge in [-0.15, -0.1) is 5.10 Å². The van der Waals surface area contributed by atoms with Gasteiger partial charge < -0.3 is 0 Å². The Kier molecular flexibility index (Phi) is 4.28. The maximum Gasteiger partial charge on any atom is 0.0847 e. The van der Waals surface area contributed by atoms with Crippen molar-refractivity contribution in [2.24, 2.45) is 12.9 Å². The van der Waals surface area contributed by atoms with E-state index in [1.807, 2.05) is 17.9 Å². The fourth-order valence-corrected chi connectivity index (χ4v) is 2.14. The zero-order chi connectivity index (χ0) is 13.8. The van der Waals surface area contributed by atoms with Crippen molar-refractivity contribution in [1.29, 1.82) is 0 Å². The van der Waals surface area contributed by atoms with Crippen molar-refractivity contribution < 1.29 is 0 Å². The Morgan fingerprint density at radius 3 is 2.68 bits per heavy atom. The van der Waals surface area contributed by atoms with Gasteiger partial charge in [-0.1, -0.05) is 12.1 Å². The highest BCUT2D eigenvalue weighted by Crippen LogP contribution is 2.18. The van der Waals surface area contributed by atoms with Gasteiger partial charge in [0.2, 0.25) is 0 Å². The number of aromatic nitrogens is 5. The van der Waals surface area contributed by atoms with Crippen LogP contribution in [0, 0.1) is 0 Å². The van der Waals surface area contributed by atoms with Crippen LogP contribution in [0.2, 0.25) is 0 Å². The third kappa shape index (κ3) is 2.99. The normalized spacial score (nSPS) is 12.8. The average Bonchev–Trinajstić information content (AvgIpc) is 3.01. The van der Waals surface area contributed by atoms with Gasteiger partial charge in [-0.05, 0) is 19.4 Å². The Bertz CT molecular complexity index is 528. The molecule has 2 aromatic heterocycles. The monoisotopic (exact) mass is 263 g/mol. The quantitative estimate of drug-likeness (QED) is 0.580. The van der Waals surface area contributed by atoms with Gasteiger partial charge in [0.25, 0.3) is 0 Å². The summed E-state index contributed by atoms with van der Waals surface area (Å²) in [6.07, 6.45) is 3.51. The fourth-order valence-electron chi connectivity index (χ4n) is 2.14. The molecule has 7 nitrogen and oxygen atoms in total. The van der Waals surface area contributed by atoms with E-state index >= 15 is 0 Å². The van der Waals surface area contributed by atoms with Gasteiger partial charge in [-0.25, -0.2) is 0 Å². The van der Waals surface area contributed by atoms with Crippen LogP contribution in [0.3, 0.4) is 0 Å². The summed E-state index contributed by atoms with van der Waals surface area (Å²) < 4.78 is 3.68. The summed E-state index contributed by atoms with van der Waals surface area (Å²) in [4.78, 5) is 0. The van der Waals surface area contributed by atoms with Crippen molar-refractivity contribution in [1.82, 2.24) is 30.2 Å². The third-order valence-corrected chi connectivity index (χ3v) is 3.15. The van der Waals surface area contributed by atoms with E-state index in [0.29, 0.717) is 6.42 Å². The molecule has 7 heteroatoms. The molecule has 0 aliphatic carbocycles. The van der Waals surface area contributed by atoms with Crippen molar-refractivity contribution in [3.8, 4) is 0 Å². The molecule has 19 heavy (non-hydrogen) atoms. The summed E-state index contributed by atoms with van der Waals surface area (Å²) in [6.45, 7) is 5.00. The first-order chi connectivity index (χ1) is 9.17. The molecule has 0 radical (unpaired) electrons. The third-order valence-electron chi connectivity index (χ3n) is 3.15. The van der Waals surface area contributed by atoms with E-state index in [1.165, 1.54) is 0 Å². The van der Waals surface area contributed by atoms with Crippen molar-refractivity contribution in [3.05, 3.63) is 29.3 Å². The predicted molar refractivity (Wildman–Crippen MR) is 72.1 cm³/mol. The Labute approximate surface area is 112 Å². The van der Waals surface area contributed by atoms with Crippen LogP contribution in [-0.4, -0.2) is 24.8 Å². The van der Waals surface area contributed by atoms with Crippen LogP contribution in [0.4, 0.5) is 0 Å². The van der Waals surface area contributed by atoms with E-state index in [9.17, 15) is 0 Å². The molecule has 1 unspecified atom stereocenters. The van der Waals surface area contributed by atoms with Crippen molar-refractivity contribution in [2.45, 2.75) is 39.3 Å². The van der Waals surface area contributed by atoms with Gasteiger partial charge in [-0.2, -0.15) is 5.10 Å². The van der Waals surface area contributed by atoms with Crippen LogP contribution in [0.25, 0.3) is 0 Å². The smallest absolute Gasteiger partial charge is 0.0847 e.